The monoisotopic (exact) mass is 363 g/mol. The van der Waals surface area contributed by atoms with E-state index in [0.717, 1.165) is 11.3 Å². The number of aromatic nitrogens is 1. The minimum atomic E-state index is -4.14. The SMILES string of the molecule is CN(N=Cc1ccc[n+](CCCCS(=O)(=O)[O-])c1)c1ccc(O)cc1. The average molecular weight is 363 g/mol. The molecule has 1 aromatic heterocycles. The molecule has 7 nitrogen and oxygen atoms in total. The maximum absolute atomic E-state index is 10.6. The molecule has 0 aliphatic carbocycles. The van der Waals surface area contributed by atoms with Crippen molar-refractivity contribution in [2.45, 2.75) is 19.4 Å². The number of hydrogen-bond donors (Lipinski definition) is 1. The highest BCUT2D eigenvalue weighted by Crippen LogP contribution is 2.17. The molecular formula is C17H21N3O4S. The van der Waals surface area contributed by atoms with Crippen LogP contribution in [0.1, 0.15) is 18.4 Å². The zero-order chi connectivity index (χ0) is 18.3. The van der Waals surface area contributed by atoms with Crippen LogP contribution in [-0.2, 0) is 16.7 Å². The molecule has 0 fully saturated rings. The standard InChI is InChI=1S/C17H21N3O4S/c1-19(16-6-8-17(21)9-7-16)18-13-15-5-4-11-20(14-15)10-2-3-12-25(22,23)24/h4-9,11,13-14H,2-3,10,12H2,1H3,(H-,21,22,23,24). The van der Waals surface area contributed by atoms with Crippen LogP contribution in [0.4, 0.5) is 5.69 Å². The Balaban J connectivity index is 1.92. The number of hydrogen-bond acceptors (Lipinski definition) is 6. The molecule has 0 aliphatic rings. The fourth-order valence-electron chi connectivity index (χ4n) is 2.22. The number of hydrazone groups is 1. The Labute approximate surface area is 147 Å². The van der Waals surface area contributed by atoms with Gasteiger partial charge in [0.25, 0.3) is 0 Å². The Kier molecular flexibility index (Phi) is 6.49. The summed E-state index contributed by atoms with van der Waals surface area (Å²) >= 11 is 0. The van der Waals surface area contributed by atoms with Gasteiger partial charge in [0.1, 0.15) is 12.3 Å². The van der Waals surface area contributed by atoms with E-state index in [9.17, 15) is 18.1 Å². The predicted octanol–water partition coefficient (Wildman–Crippen LogP) is 1.48. The first-order valence-corrected chi connectivity index (χ1v) is 9.41. The van der Waals surface area contributed by atoms with Crippen LogP contribution in [0.15, 0.2) is 53.9 Å². The molecule has 0 atom stereocenters. The molecular weight excluding hydrogens is 342 g/mol. The molecule has 8 heteroatoms. The van der Waals surface area contributed by atoms with Gasteiger partial charge in [-0.15, -0.1) is 0 Å². The third-order valence-electron chi connectivity index (χ3n) is 3.55. The first kappa shape index (κ1) is 18.9. The third kappa shape index (κ3) is 6.90. The first-order valence-electron chi connectivity index (χ1n) is 7.83. The maximum atomic E-state index is 10.6. The number of aromatic hydroxyl groups is 1. The molecule has 0 aliphatic heterocycles. The summed E-state index contributed by atoms with van der Waals surface area (Å²) in [5.74, 6) is -0.124. The van der Waals surface area contributed by atoms with E-state index in [2.05, 4.69) is 5.10 Å². The van der Waals surface area contributed by atoms with Crippen molar-refractivity contribution in [2.24, 2.45) is 5.10 Å². The topological polar surface area (TPSA) is 96.9 Å². The van der Waals surface area contributed by atoms with Crippen LogP contribution in [0, 0.1) is 0 Å². The van der Waals surface area contributed by atoms with Gasteiger partial charge in [-0.05, 0) is 36.8 Å². The van der Waals surface area contributed by atoms with Gasteiger partial charge >= 0.3 is 0 Å². The van der Waals surface area contributed by atoms with Crippen molar-refractivity contribution in [3.05, 3.63) is 54.4 Å². The molecule has 134 valence electrons. The van der Waals surface area contributed by atoms with E-state index in [1.165, 1.54) is 0 Å². The predicted molar refractivity (Wildman–Crippen MR) is 94.5 cm³/mol. The number of phenolic OH excluding ortho intramolecular Hbond substituents is 1. The van der Waals surface area contributed by atoms with Crippen molar-refractivity contribution >= 4 is 22.0 Å². The number of rotatable bonds is 8. The normalized spacial score (nSPS) is 11.8. The molecule has 0 radical (unpaired) electrons. The van der Waals surface area contributed by atoms with Crippen molar-refractivity contribution in [3.63, 3.8) is 0 Å². The van der Waals surface area contributed by atoms with E-state index in [-0.39, 0.29) is 11.5 Å². The molecule has 1 aromatic carbocycles. The molecule has 2 aromatic rings. The largest absolute Gasteiger partial charge is 0.748 e. The van der Waals surface area contributed by atoms with Gasteiger partial charge in [0.15, 0.2) is 12.4 Å². The Bertz CT molecular complexity index is 820. The van der Waals surface area contributed by atoms with Crippen molar-refractivity contribution in [1.29, 1.82) is 0 Å². The summed E-state index contributed by atoms with van der Waals surface area (Å²) < 4.78 is 33.7. The maximum Gasteiger partial charge on any atom is 0.177 e. The van der Waals surface area contributed by atoms with E-state index in [4.69, 9.17) is 0 Å². The molecule has 0 saturated carbocycles. The zero-order valence-electron chi connectivity index (χ0n) is 13.9. The van der Waals surface area contributed by atoms with E-state index < -0.39 is 10.1 Å². The number of pyridine rings is 1. The smallest absolute Gasteiger partial charge is 0.177 e. The Morgan fingerprint density at radius 1 is 1.24 bits per heavy atom. The minimum Gasteiger partial charge on any atom is -0.748 e. The lowest BCUT2D eigenvalue weighted by Gasteiger charge is -2.12. The second kappa shape index (κ2) is 8.59. The number of unbranched alkanes of at least 4 members (excludes halogenated alkanes) is 1. The summed E-state index contributed by atoms with van der Waals surface area (Å²) in [5, 5.41) is 15.3. The molecule has 0 unspecified atom stereocenters. The van der Waals surface area contributed by atoms with Crippen LogP contribution < -0.4 is 9.58 Å². The van der Waals surface area contributed by atoms with Crippen LogP contribution in [0.2, 0.25) is 0 Å². The number of nitrogens with zero attached hydrogens (tertiary/aromatic N) is 3. The van der Waals surface area contributed by atoms with E-state index in [1.807, 2.05) is 36.1 Å². The number of anilines is 1. The minimum absolute atomic E-state index is 0.204. The van der Waals surface area contributed by atoms with Gasteiger partial charge in [0, 0.05) is 25.3 Å². The summed E-state index contributed by atoms with van der Waals surface area (Å²) in [4.78, 5) is 0. The third-order valence-corrected chi connectivity index (χ3v) is 4.33. The molecule has 2 rings (SSSR count). The quantitative estimate of drug-likeness (QED) is 0.252. The molecule has 0 saturated heterocycles. The number of phenols is 1. The van der Waals surface area contributed by atoms with E-state index >= 15 is 0 Å². The first-order chi connectivity index (χ1) is 11.8. The summed E-state index contributed by atoms with van der Waals surface area (Å²) in [5.41, 5.74) is 1.74. The summed E-state index contributed by atoms with van der Waals surface area (Å²) in [6.07, 6.45) is 6.46. The lowest BCUT2D eigenvalue weighted by atomic mass is 10.3. The highest BCUT2D eigenvalue weighted by molar-refractivity contribution is 7.85. The zero-order valence-corrected chi connectivity index (χ0v) is 14.8. The number of benzene rings is 1. The van der Waals surface area contributed by atoms with Crippen molar-refractivity contribution in [2.75, 3.05) is 17.8 Å². The average Bonchev–Trinajstić information content (AvgIpc) is 2.57. The Hall–Kier alpha value is -2.45. The second-order valence-electron chi connectivity index (χ2n) is 5.63. The van der Waals surface area contributed by atoms with Crippen LogP contribution >= 0.6 is 0 Å². The van der Waals surface area contributed by atoms with Crippen molar-refractivity contribution < 1.29 is 22.6 Å². The van der Waals surface area contributed by atoms with Gasteiger partial charge in [0.2, 0.25) is 0 Å². The highest BCUT2D eigenvalue weighted by atomic mass is 32.2. The fraction of sp³-hybridized carbons (Fsp3) is 0.294. The summed E-state index contributed by atoms with van der Waals surface area (Å²) in [6, 6.07) is 10.5. The molecule has 0 amide bonds. The van der Waals surface area contributed by atoms with Crippen LogP contribution in [0.3, 0.4) is 0 Å². The van der Waals surface area contributed by atoms with Crippen molar-refractivity contribution in [1.82, 2.24) is 0 Å². The van der Waals surface area contributed by atoms with Gasteiger partial charge in [-0.25, -0.2) is 13.0 Å². The lowest BCUT2D eigenvalue weighted by Crippen LogP contribution is -2.33. The Morgan fingerprint density at radius 3 is 2.64 bits per heavy atom. The van der Waals surface area contributed by atoms with Gasteiger partial charge in [0.05, 0.1) is 27.6 Å². The molecule has 25 heavy (non-hydrogen) atoms. The molecule has 0 bridgehead atoms. The van der Waals surface area contributed by atoms with E-state index in [0.29, 0.717) is 19.4 Å². The summed E-state index contributed by atoms with van der Waals surface area (Å²) in [7, 11) is -2.33. The second-order valence-corrected chi connectivity index (χ2v) is 7.15. The van der Waals surface area contributed by atoms with Gasteiger partial charge < -0.3 is 9.66 Å². The molecule has 1 N–H and O–H groups in total. The number of aryl methyl sites for hydroxylation is 1. The van der Waals surface area contributed by atoms with Gasteiger partial charge in [-0.3, -0.25) is 5.01 Å². The van der Waals surface area contributed by atoms with E-state index in [1.54, 1.807) is 35.5 Å². The van der Waals surface area contributed by atoms with Gasteiger partial charge in [-0.2, -0.15) is 5.10 Å². The van der Waals surface area contributed by atoms with Gasteiger partial charge in [-0.1, -0.05) is 0 Å². The Morgan fingerprint density at radius 2 is 1.96 bits per heavy atom. The summed E-state index contributed by atoms with van der Waals surface area (Å²) in [6.45, 7) is 0.630. The highest BCUT2D eigenvalue weighted by Gasteiger charge is 2.04. The fourth-order valence-corrected chi connectivity index (χ4v) is 2.78. The van der Waals surface area contributed by atoms with Crippen LogP contribution in [0.25, 0.3) is 0 Å². The van der Waals surface area contributed by atoms with Crippen LogP contribution in [0.5, 0.6) is 5.75 Å². The lowest BCUT2D eigenvalue weighted by molar-refractivity contribution is -0.697. The van der Waals surface area contributed by atoms with Crippen LogP contribution in [-0.4, -0.2) is 37.1 Å². The molecule has 1 heterocycles. The van der Waals surface area contributed by atoms with Crippen molar-refractivity contribution in [3.8, 4) is 5.75 Å². The molecule has 0 spiro atoms.